The summed E-state index contributed by atoms with van der Waals surface area (Å²) >= 11 is 0. The minimum absolute atomic E-state index is 0.118. The van der Waals surface area contributed by atoms with Crippen LogP contribution in [-0.4, -0.2) is 30.4 Å². The predicted molar refractivity (Wildman–Crippen MR) is 66.8 cm³/mol. The average molecular weight is 247 g/mol. The van der Waals surface area contributed by atoms with Crippen LogP contribution in [0.25, 0.3) is 0 Å². The molecule has 2 rings (SSSR count). The molecule has 0 spiro atoms. The van der Waals surface area contributed by atoms with Gasteiger partial charge in [0.1, 0.15) is 0 Å². The Kier molecular flexibility index (Phi) is 3.97. The summed E-state index contributed by atoms with van der Waals surface area (Å²) < 4.78 is 4.72. The molecule has 18 heavy (non-hydrogen) atoms. The minimum Gasteiger partial charge on any atom is -0.469 e. The molecule has 1 amide bonds. The number of likely N-dealkylation sites (tertiary alicyclic amines) is 1. The fraction of sp³-hybridized carbons (Fsp3) is 0.429. The summed E-state index contributed by atoms with van der Waals surface area (Å²) in [5.74, 6) is -0.170. The molecule has 0 N–H and O–H groups in total. The van der Waals surface area contributed by atoms with Gasteiger partial charge in [-0.3, -0.25) is 9.59 Å². The second kappa shape index (κ2) is 5.67. The first kappa shape index (κ1) is 12.6. The first-order valence-electron chi connectivity index (χ1n) is 6.13. The van der Waals surface area contributed by atoms with E-state index in [0.717, 1.165) is 18.5 Å². The number of carbonyl (C=O) groups is 2. The molecule has 1 atom stereocenters. The van der Waals surface area contributed by atoms with Gasteiger partial charge in [-0.1, -0.05) is 30.3 Å². The number of hydrogen-bond acceptors (Lipinski definition) is 3. The van der Waals surface area contributed by atoms with Gasteiger partial charge in [-0.25, -0.2) is 0 Å². The lowest BCUT2D eigenvalue weighted by atomic mass is 10.0. The van der Waals surface area contributed by atoms with Crippen LogP contribution >= 0.6 is 0 Å². The highest BCUT2D eigenvalue weighted by Gasteiger charge is 2.30. The monoisotopic (exact) mass is 247 g/mol. The molecule has 0 aromatic heterocycles. The van der Waals surface area contributed by atoms with Crippen LogP contribution < -0.4 is 0 Å². The van der Waals surface area contributed by atoms with E-state index in [4.69, 9.17) is 4.74 Å². The third-order valence-electron chi connectivity index (χ3n) is 3.26. The number of methoxy groups -OCH3 is 1. The van der Waals surface area contributed by atoms with E-state index in [2.05, 4.69) is 0 Å². The normalized spacial score (nSPS) is 16.7. The molecule has 0 bridgehead atoms. The van der Waals surface area contributed by atoms with Gasteiger partial charge in [0.2, 0.25) is 5.91 Å². The Morgan fingerprint density at radius 2 is 2.11 bits per heavy atom. The van der Waals surface area contributed by atoms with Crippen molar-refractivity contribution in [3.63, 3.8) is 0 Å². The Labute approximate surface area is 107 Å². The highest BCUT2D eigenvalue weighted by atomic mass is 16.5. The van der Waals surface area contributed by atoms with Gasteiger partial charge in [0.25, 0.3) is 0 Å². The summed E-state index contributed by atoms with van der Waals surface area (Å²) in [5.41, 5.74) is 0.984. The molecule has 0 saturated carbocycles. The zero-order valence-electron chi connectivity index (χ0n) is 10.5. The van der Waals surface area contributed by atoms with Crippen molar-refractivity contribution in [3.8, 4) is 0 Å². The van der Waals surface area contributed by atoms with Crippen LogP contribution in [-0.2, 0) is 14.3 Å². The number of ether oxygens (including phenoxy) is 1. The summed E-state index contributed by atoms with van der Waals surface area (Å²) in [6.45, 7) is 0.718. The van der Waals surface area contributed by atoms with E-state index < -0.39 is 0 Å². The molecule has 96 valence electrons. The number of rotatable bonds is 4. The smallest absolute Gasteiger partial charge is 0.307 e. The van der Waals surface area contributed by atoms with Gasteiger partial charge in [0.05, 0.1) is 19.6 Å². The summed E-state index contributed by atoms with van der Waals surface area (Å²) in [6.07, 6.45) is 1.65. The zero-order chi connectivity index (χ0) is 13.0. The van der Waals surface area contributed by atoms with E-state index in [1.54, 1.807) is 4.90 Å². The maximum absolute atomic E-state index is 11.8. The predicted octanol–water partition coefficient (Wildman–Crippen LogP) is 1.91. The molecule has 1 aliphatic rings. The number of nitrogens with zero attached hydrogens (tertiary/aromatic N) is 1. The number of amides is 1. The SMILES string of the molecule is COC(=O)C[C@@H](c1ccccc1)N1CCCC1=O. The van der Waals surface area contributed by atoms with Crippen LogP contribution in [0, 0.1) is 0 Å². The number of carbonyl (C=O) groups excluding carboxylic acids is 2. The summed E-state index contributed by atoms with van der Waals surface area (Å²) in [7, 11) is 1.37. The first-order chi connectivity index (χ1) is 8.72. The Morgan fingerprint density at radius 3 is 2.67 bits per heavy atom. The third kappa shape index (κ3) is 2.70. The van der Waals surface area contributed by atoms with Crippen LogP contribution in [0.15, 0.2) is 30.3 Å². The van der Waals surface area contributed by atoms with E-state index in [1.165, 1.54) is 7.11 Å². The molecule has 4 nitrogen and oxygen atoms in total. The number of hydrogen-bond donors (Lipinski definition) is 0. The summed E-state index contributed by atoms with van der Waals surface area (Å²) in [5, 5.41) is 0. The number of benzene rings is 1. The van der Waals surface area contributed by atoms with Gasteiger partial charge in [0.15, 0.2) is 0 Å². The summed E-state index contributed by atoms with van der Waals surface area (Å²) in [6, 6.07) is 9.44. The van der Waals surface area contributed by atoms with Gasteiger partial charge >= 0.3 is 5.97 Å². The van der Waals surface area contributed by atoms with Gasteiger partial charge < -0.3 is 9.64 Å². The Bertz CT molecular complexity index is 430. The second-order valence-corrected chi connectivity index (χ2v) is 4.40. The van der Waals surface area contributed by atoms with E-state index in [9.17, 15) is 9.59 Å². The zero-order valence-corrected chi connectivity index (χ0v) is 10.5. The van der Waals surface area contributed by atoms with Crippen molar-refractivity contribution < 1.29 is 14.3 Å². The lowest BCUT2D eigenvalue weighted by Crippen LogP contribution is -2.31. The molecule has 1 fully saturated rings. The van der Waals surface area contributed by atoms with Crippen LogP contribution in [0.4, 0.5) is 0 Å². The van der Waals surface area contributed by atoms with Crippen molar-refractivity contribution in [1.82, 2.24) is 4.90 Å². The van der Waals surface area contributed by atoms with Crippen molar-refractivity contribution in [3.05, 3.63) is 35.9 Å². The van der Waals surface area contributed by atoms with Gasteiger partial charge in [0, 0.05) is 13.0 Å². The van der Waals surface area contributed by atoms with E-state index in [-0.39, 0.29) is 24.3 Å². The van der Waals surface area contributed by atoms with Crippen molar-refractivity contribution in [2.45, 2.75) is 25.3 Å². The minimum atomic E-state index is -0.288. The van der Waals surface area contributed by atoms with Crippen LogP contribution in [0.2, 0.25) is 0 Å². The fourth-order valence-corrected chi connectivity index (χ4v) is 2.32. The molecular weight excluding hydrogens is 230 g/mol. The van der Waals surface area contributed by atoms with Crippen LogP contribution in [0.3, 0.4) is 0 Å². The van der Waals surface area contributed by atoms with Crippen molar-refractivity contribution >= 4 is 11.9 Å². The topological polar surface area (TPSA) is 46.6 Å². The van der Waals surface area contributed by atoms with E-state index in [0.29, 0.717) is 6.42 Å². The van der Waals surface area contributed by atoms with Gasteiger partial charge in [-0.05, 0) is 12.0 Å². The van der Waals surface area contributed by atoms with E-state index >= 15 is 0 Å². The average Bonchev–Trinajstić information content (AvgIpc) is 2.83. The molecule has 1 aromatic rings. The van der Waals surface area contributed by atoms with Crippen LogP contribution in [0.1, 0.15) is 30.9 Å². The second-order valence-electron chi connectivity index (χ2n) is 4.40. The molecule has 1 aromatic carbocycles. The largest absolute Gasteiger partial charge is 0.469 e. The Balaban J connectivity index is 2.22. The lowest BCUT2D eigenvalue weighted by molar-refractivity contribution is -0.143. The van der Waals surface area contributed by atoms with Crippen molar-refractivity contribution in [2.75, 3.05) is 13.7 Å². The Morgan fingerprint density at radius 1 is 1.39 bits per heavy atom. The fourth-order valence-electron chi connectivity index (χ4n) is 2.32. The van der Waals surface area contributed by atoms with Crippen molar-refractivity contribution in [1.29, 1.82) is 0 Å². The highest BCUT2D eigenvalue weighted by Crippen LogP contribution is 2.28. The molecule has 0 aliphatic carbocycles. The molecular formula is C14H17NO3. The standard InChI is InChI=1S/C14H17NO3/c1-18-14(17)10-12(11-6-3-2-4-7-11)15-9-5-8-13(15)16/h2-4,6-7,12H,5,8-10H2,1H3/t12-/m0/s1. The molecule has 4 heteroatoms. The van der Waals surface area contributed by atoms with Crippen LogP contribution in [0.5, 0.6) is 0 Å². The van der Waals surface area contributed by atoms with Gasteiger partial charge in [-0.15, -0.1) is 0 Å². The van der Waals surface area contributed by atoms with E-state index in [1.807, 2.05) is 30.3 Å². The lowest BCUT2D eigenvalue weighted by Gasteiger charge is -2.27. The quantitative estimate of drug-likeness (QED) is 0.764. The van der Waals surface area contributed by atoms with Crippen molar-refractivity contribution in [2.24, 2.45) is 0 Å². The Hall–Kier alpha value is -1.84. The molecule has 0 radical (unpaired) electrons. The van der Waals surface area contributed by atoms with Gasteiger partial charge in [-0.2, -0.15) is 0 Å². The first-order valence-corrected chi connectivity index (χ1v) is 6.13. The molecule has 1 heterocycles. The molecule has 1 saturated heterocycles. The maximum Gasteiger partial charge on any atom is 0.307 e. The molecule has 1 aliphatic heterocycles. The highest BCUT2D eigenvalue weighted by molar-refractivity contribution is 5.80. The maximum atomic E-state index is 11.8. The summed E-state index contributed by atoms with van der Waals surface area (Å²) in [4.78, 5) is 25.1. The molecule has 0 unspecified atom stereocenters. The third-order valence-corrected chi connectivity index (χ3v) is 3.26. The number of esters is 1.